The van der Waals surface area contributed by atoms with Gasteiger partial charge in [0.25, 0.3) is 0 Å². The van der Waals surface area contributed by atoms with Crippen LogP contribution in [0.3, 0.4) is 0 Å². The topological polar surface area (TPSA) is 111 Å². The lowest BCUT2D eigenvalue weighted by atomic mass is 9.96. The van der Waals surface area contributed by atoms with Crippen molar-refractivity contribution in [1.82, 2.24) is 10.2 Å². The molecule has 1 N–H and O–H groups in total. The van der Waals surface area contributed by atoms with Crippen molar-refractivity contribution in [3.05, 3.63) is 35.9 Å². The highest BCUT2D eigenvalue weighted by Gasteiger charge is 2.64. The number of carbonyl (C=O) groups is 4. The number of ether oxygens (including phenoxy) is 3. The van der Waals surface area contributed by atoms with Crippen LogP contribution < -0.4 is 5.32 Å². The van der Waals surface area contributed by atoms with E-state index < -0.39 is 47.0 Å². The van der Waals surface area contributed by atoms with E-state index in [1.165, 1.54) is 16.7 Å². The predicted octanol–water partition coefficient (Wildman–Crippen LogP) is 2.97. The van der Waals surface area contributed by atoms with E-state index in [0.717, 1.165) is 24.8 Å². The van der Waals surface area contributed by atoms with Crippen LogP contribution in [0.15, 0.2) is 30.3 Å². The molecule has 2 saturated heterocycles. The molecule has 10 heteroatoms. The molecule has 2 aliphatic heterocycles. The molecule has 0 unspecified atom stereocenters. The summed E-state index contributed by atoms with van der Waals surface area (Å²) in [6.07, 6.45) is 2.22. The number of β-lactam (4-membered cyclic amide) rings is 1. The van der Waals surface area contributed by atoms with Gasteiger partial charge in [-0.25, -0.2) is 9.59 Å². The summed E-state index contributed by atoms with van der Waals surface area (Å²) in [5, 5.41) is 2.18. The molecule has 33 heavy (non-hydrogen) atoms. The Balaban J connectivity index is 1.48. The molecule has 0 saturated carbocycles. The number of fused-ring (bicyclic) bond motifs is 1. The van der Waals surface area contributed by atoms with Crippen molar-refractivity contribution in [3.63, 3.8) is 0 Å². The Morgan fingerprint density at radius 2 is 1.82 bits per heavy atom. The van der Waals surface area contributed by atoms with E-state index in [1.54, 1.807) is 0 Å². The Bertz CT molecular complexity index is 877. The van der Waals surface area contributed by atoms with Crippen LogP contribution in [0.5, 0.6) is 0 Å². The van der Waals surface area contributed by atoms with Crippen molar-refractivity contribution in [2.24, 2.45) is 0 Å². The number of benzene rings is 1. The van der Waals surface area contributed by atoms with Crippen LogP contribution >= 0.6 is 11.8 Å². The molecule has 0 spiro atoms. The number of nitrogens with zero attached hydrogens (tertiary/aromatic N) is 1. The maximum absolute atomic E-state index is 12.7. The van der Waals surface area contributed by atoms with Gasteiger partial charge in [-0.1, -0.05) is 50.1 Å². The standard InChI is InChI=1S/C23H30N2O7S/c1-4-5-7-12-16(26)31-14-32-21(28)18-23(2,3)33-20-17(19(27)25(18)20)24-22(29)30-13-15-10-8-6-9-11-15/h6,8-11,17-18,20H,4-5,7,12-14H2,1-3H3,(H,24,29)/t17-,18+,20-/m1/s1. The van der Waals surface area contributed by atoms with Gasteiger partial charge in [-0.2, -0.15) is 0 Å². The molecule has 3 atom stereocenters. The van der Waals surface area contributed by atoms with Crippen molar-refractivity contribution in [2.75, 3.05) is 6.79 Å². The average molecular weight is 479 g/mol. The van der Waals surface area contributed by atoms with Gasteiger partial charge in [0.05, 0.1) is 0 Å². The molecular formula is C23H30N2O7S. The number of hydrogen-bond donors (Lipinski definition) is 1. The minimum Gasteiger partial charge on any atom is -0.445 e. The van der Waals surface area contributed by atoms with Gasteiger partial charge < -0.3 is 24.4 Å². The van der Waals surface area contributed by atoms with Crippen LogP contribution in [0, 0.1) is 0 Å². The van der Waals surface area contributed by atoms with E-state index in [9.17, 15) is 19.2 Å². The molecule has 0 radical (unpaired) electrons. The van der Waals surface area contributed by atoms with Gasteiger partial charge in [0, 0.05) is 11.2 Å². The monoisotopic (exact) mass is 478 g/mol. The largest absolute Gasteiger partial charge is 0.445 e. The third kappa shape index (κ3) is 5.98. The molecule has 1 aromatic carbocycles. The summed E-state index contributed by atoms with van der Waals surface area (Å²) in [7, 11) is 0. The van der Waals surface area contributed by atoms with E-state index in [0.29, 0.717) is 0 Å². The molecule has 2 aliphatic rings. The fraction of sp³-hybridized carbons (Fsp3) is 0.565. The number of thioether (sulfide) groups is 1. The first-order valence-electron chi connectivity index (χ1n) is 11.0. The van der Waals surface area contributed by atoms with Gasteiger partial charge in [-0.3, -0.25) is 9.59 Å². The van der Waals surface area contributed by atoms with Crippen molar-refractivity contribution in [1.29, 1.82) is 0 Å². The zero-order valence-electron chi connectivity index (χ0n) is 19.1. The number of hydrogen-bond acceptors (Lipinski definition) is 8. The number of carbonyl (C=O) groups excluding carboxylic acids is 4. The van der Waals surface area contributed by atoms with Crippen LogP contribution in [-0.4, -0.2) is 57.8 Å². The van der Waals surface area contributed by atoms with Crippen molar-refractivity contribution in [3.8, 4) is 0 Å². The van der Waals surface area contributed by atoms with Gasteiger partial charge in [0.1, 0.15) is 24.1 Å². The highest BCUT2D eigenvalue weighted by atomic mass is 32.2. The summed E-state index contributed by atoms with van der Waals surface area (Å²) in [5.74, 6) is -1.45. The molecule has 0 aliphatic carbocycles. The molecule has 9 nitrogen and oxygen atoms in total. The lowest BCUT2D eigenvalue weighted by molar-refractivity contribution is -0.176. The Kier molecular flexibility index (Phi) is 8.23. The maximum atomic E-state index is 12.7. The van der Waals surface area contributed by atoms with E-state index in [4.69, 9.17) is 14.2 Å². The van der Waals surface area contributed by atoms with Gasteiger partial charge in [-0.05, 0) is 25.8 Å². The number of alkyl carbamates (subject to hydrolysis) is 1. The zero-order valence-corrected chi connectivity index (χ0v) is 19.9. The number of esters is 2. The van der Waals surface area contributed by atoms with Crippen LogP contribution in [0.1, 0.15) is 52.0 Å². The number of nitrogens with one attached hydrogen (secondary N) is 1. The first-order valence-corrected chi connectivity index (χ1v) is 11.9. The van der Waals surface area contributed by atoms with Crippen molar-refractivity contribution in [2.45, 2.75) is 75.3 Å². The Morgan fingerprint density at radius 1 is 1.09 bits per heavy atom. The summed E-state index contributed by atoms with van der Waals surface area (Å²) in [6, 6.07) is 7.57. The molecule has 3 rings (SSSR count). The zero-order chi connectivity index (χ0) is 24.0. The molecule has 180 valence electrons. The fourth-order valence-corrected chi connectivity index (χ4v) is 5.46. The summed E-state index contributed by atoms with van der Waals surface area (Å²) in [6.45, 7) is 5.30. The van der Waals surface area contributed by atoms with Gasteiger partial charge in [0.15, 0.2) is 0 Å². The summed E-state index contributed by atoms with van der Waals surface area (Å²) in [5.41, 5.74) is 0.833. The van der Waals surface area contributed by atoms with Crippen LogP contribution in [-0.2, 0) is 35.2 Å². The SMILES string of the molecule is CCCCCC(=O)OCOC(=O)[C@@H]1N2C(=O)[C@@H](NC(=O)OCc3ccccc3)[C@H]2SC1(C)C. The Hall–Kier alpha value is -2.75. The molecular weight excluding hydrogens is 448 g/mol. The predicted molar refractivity (Wildman–Crippen MR) is 121 cm³/mol. The lowest BCUT2D eigenvalue weighted by Gasteiger charge is -2.43. The van der Waals surface area contributed by atoms with E-state index in [2.05, 4.69) is 5.32 Å². The van der Waals surface area contributed by atoms with Crippen LogP contribution in [0.2, 0.25) is 0 Å². The molecule has 2 fully saturated rings. The molecule has 2 amide bonds. The van der Waals surface area contributed by atoms with Gasteiger partial charge >= 0.3 is 18.0 Å². The molecule has 0 aromatic heterocycles. The van der Waals surface area contributed by atoms with Crippen molar-refractivity contribution >= 4 is 35.7 Å². The quantitative estimate of drug-likeness (QED) is 0.236. The van der Waals surface area contributed by atoms with E-state index in [1.807, 2.05) is 51.1 Å². The second-order valence-corrected chi connectivity index (χ2v) is 10.3. The van der Waals surface area contributed by atoms with Crippen LogP contribution in [0.25, 0.3) is 0 Å². The summed E-state index contributed by atoms with van der Waals surface area (Å²) in [4.78, 5) is 50.7. The third-order valence-electron chi connectivity index (χ3n) is 5.56. The molecule has 1 aromatic rings. The first-order chi connectivity index (χ1) is 15.7. The highest BCUT2D eigenvalue weighted by Crippen LogP contribution is 2.51. The highest BCUT2D eigenvalue weighted by molar-refractivity contribution is 8.01. The average Bonchev–Trinajstić information content (AvgIpc) is 3.04. The molecule has 2 heterocycles. The summed E-state index contributed by atoms with van der Waals surface area (Å²) >= 11 is 1.40. The fourth-order valence-electron chi connectivity index (χ4n) is 3.84. The minimum atomic E-state index is -0.850. The van der Waals surface area contributed by atoms with Gasteiger partial charge in [0.2, 0.25) is 12.7 Å². The number of rotatable bonds is 10. The van der Waals surface area contributed by atoms with E-state index >= 15 is 0 Å². The van der Waals surface area contributed by atoms with E-state index in [-0.39, 0.29) is 18.9 Å². The molecule has 0 bridgehead atoms. The number of amides is 2. The lowest BCUT2D eigenvalue weighted by Crippen LogP contribution is -2.70. The second-order valence-electron chi connectivity index (χ2n) is 8.50. The first kappa shape index (κ1) is 24.9. The second kappa shape index (κ2) is 10.9. The minimum absolute atomic E-state index is 0.0900. The summed E-state index contributed by atoms with van der Waals surface area (Å²) < 4.78 is 14.7. The smallest absolute Gasteiger partial charge is 0.408 e. The van der Waals surface area contributed by atoms with Gasteiger partial charge in [-0.15, -0.1) is 11.8 Å². The normalized spacial score (nSPS) is 22.7. The number of unbranched alkanes of at least 4 members (excludes halogenated alkanes) is 2. The van der Waals surface area contributed by atoms with Crippen LogP contribution in [0.4, 0.5) is 4.79 Å². The Morgan fingerprint density at radius 3 is 2.52 bits per heavy atom. The van der Waals surface area contributed by atoms with Crippen molar-refractivity contribution < 1.29 is 33.4 Å². The third-order valence-corrected chi connectivity index (χ3v) is 7.13. The maximum Gasteiger partial charge on any atom is 0.408 e. The Labute approximate surface area is 197 Å².